The van der Waals surface area contributed by atoms with Crippen molar-refractivity contribution in [3.05, 3.63) is 0 Å². The Morgan fingerprint density at radius 1 is 1.25 bits per heavy atom. The SMILES string of the molecule is CCC[N+]1=C(CN2CCCC(C)C2)N=C2C1C(=O)N(C)C(=O)N2C. The number of hydrogen-bond donors (Lipinski definition) is 0. The predicted molar refractivity (Wildman–Crippen MR) is 92.4 cm³/mol. The van der Waals surface area contributed by atoms with Gasteiger partial charge in [0.15, 0.2) is 0 Å². The van der Waals surface area contributed by atoms with E-state index >= 15 is 0 Å². The molecule has 0 aliphatic carbocycles. The molecule has 24 heavy (non-hydrogen) atoms. The lowest BCUT2D eigenvalue weighted by Gasteiger charge is -2.31. The van der Waals surface area contributed by atoms with E-state index < -0.39 is 6.04 Å². The quantitative estimate of drug-likeness (QED) is 0.716. The number of likely N-dealkylation sites (tertiary alicyclic amines) is 1. The first kappa shape index (κ1) is 17.1. The van der Waals surface area contributed by atoms with Gasteiger partial charge in [0.25, 0.3) is 17.8 Å². The summed E-state index contributed by atoms with van der Waals surface area (Å²) >= 11 is 0. The summed E-state index contributed by atoms with van der Waals surface area (Å²) in [5.41, 5.74) is 0. The van der Waals surface area contributed by atoms with Gasteiger partial charge in [-0.2, -0.15) is 0 Å². The summed E-state index contributed by atoms with van der Waals surface area (Å²) in [6.07, 6.45) is 3.43. The van der Waals surface area contributed by atoms with E-state index in [-0.39, 0.29) is 11.9 Å². The van der Waals surface area contributed by atoms with Crippen LogP contribution in [0.3, 0.4) is 0 Å². The van der Waals surface area contributed by atoms with Gasteiger partial charge in [0.1, 0.15) is 6.54 Å². The highest BCUT2D eigenvalue weighted by molar-refractivity contribution is 6.23. The molecule has 0 N–H and O–H groups in total. The number of piperidine rings is 1. The van der Waals surface area contributed by atoms with Crippen LogP contribution in [0.5, 0.6) is 0 Å². The summed E-state index contributed by atoms with van der Waals surface area (Å²) < 4.78 is 2.09. The third-order valence-electron chi connectivity index (χ3n) is 5.18. The zero-order chi connectivity index (χ0) is 17.4. The monoisotopic (exact) mass is 334 g/mol. The molecule has 2 saturated heterocycles. The van der Waals surface area contributed by atoms with Crippen molar-refractivity contribution < 1.29 is 14.2 Å². The number of carbonyl (C=O) groups excluding carboxylic acids is 2. The minimum absolute atomic E-state index is 0.174. The lowest BCUT2D eigenvalue weighted by molar-refractivity contribution is -0.536. The van der Waals surface area contributed by atoms with Gasteiger partial charge in [-0.15, -0.1) is 0 Å². The minimum Gasteiger partial charge on any atom is -0.292 e. The Morgan fingerprint density at radius 2 is 2.00 bits per heavy atom. The summed E-state index contributed by atoms with van der Waals surface area (Å²) in [6.45, 7) is 8.06. The van der Waals surface area contributed by atoms with Crippen LogP contribution in [0.15, 0.2) is 4.99 Å². The van der Waals surface area contributed by atoms with Crippen molar-refractivity contribution in [1.29, 1.82) is 0 Å². The van der Waals surface area contributed by atoms with Gasteiger partial charge in [-0.3, -0.25) is 19.5 Å². The number of hydrogen-bond acceptors (Lipinski definition) is 4. The zero-order valence-electron chi connectivity index (χ0n) is 15.2. The first-order valence-corrected chi connectivity index (χ1v) is 8.92. The fourth-order valence-corrected chi connectivity index (χ4v) is 3.90. The number of likely N-dealkylation sites (N-methyl/N-ethyl adjacent to an activating group) is 2. The van der Waals surface area contributed by atoms with Crippen molar-refractivity contribution in [2.75, 3.05) is 40.3 Å². The van der Waals surface area contributed by atoms with Crippen LogP contribution in [0.4, 0.5) is 4.79 Å². The Kier molecular flexibility index (Phi) is 4.71. The molecule has 2 fully saturated rings. The van der Waals surface area contributed by atoms with Crippen LogP contribution < -0.4 is 0 Å². The maximum Gasteiger partial charge on any atom is 0.333 e. The van der Waals surface area contributed by atoms with Crippen molar-refractivity contribution in [2.24, 2.45) is 10.9 Å². The number of fused-ring (bicyclic) bond motifs is 1. The smallest absolute Gasteiger partial charge is 0.292 e. The van der Waals surface area contributed by atoms with Crippen LogP contribution in [-0.4, -0.2) is 89.2 Å². The molecular weight excluding hydrogens is 306 g/mol. The fraction of sp³-hybridized carbons (Fsp3) is 0.765. The molecule has 7 nitrogen and oxygen atoms in total. The van der Waals surface area contributed by atoms with Crippen LogP contribution >= 0.6 is 0 Å². The third kappa shape index (κ3) is 2.85. The van der Waals surface area contributed by atoms with E-state index in [0.29, 0.717) is 11.8 Å². The molecule has 3 heterocycles. The van der Waals surface area contributed by atoms with Crippen molar-refractivity contribution in [3.8, 4) is 0 Å². The average Bonchev–Trinajstić information content (AvgIpc) is 2.90. The molecule has 3 aliphatic rings. The molecule has 0 radical (unpaired) electrons. The summed E-state index contributed by atoms with van der Waals surface area (Å²) in [4.78, 5) is 34.7. The van der Waals surface area contributed by atoms with Gasteiger partial charge in [0.2, 0.25) is 0 Å². The fourth-order valence-electron chi connectivity index (χ4n) is 3.90. The molecule has 132 valence electrons. The molecule has 2 atom stereocenters. The maximum atomic E-state index is 12.7. The Bertz CT molecular complexity index is 612. The van der Waals surface area contributed by atoms with Crippen LogP contribution in [0.1, 0.15) is 33.1 Å². The lowest BCUT2D eigenvalue weighted by Crippen LogP contribution is -2.61. The predicted octanol–water partition coefficient (Wildman–Crippen LogP) is 0.844. The molecular formula is C17H28N5O2+. The largest absolute Gasteiger partial charge is 0.333 e. The first-order valence-electron chi connectivity index (χ1n) is 8.92. The van der Waals surface area contributed by atoms with E-state index in [0.717, 1.165) is 38.4 Å². The number of urea groups is 1. The Balaban J connectivity index is 1.89. The highest BCUT2D eigenvalue weighted by Crippen LogP contribution is 2.21. The van der Waals surface area contributed by atoms with Crippen molar-refractivity contribution in [3.63, 3.8) is 0 Å². The standard InChI is InChI=1S/C17H28N5O2/c1-5-8-22-13(11-21-9-6-7-12(2)10-21)18-15-14(22)16(23)20(4)17(24)19(15)3/h12,14H,5-11H2,1-4H3/q+1. The van der Waals surface area contributed by atoms with Gasteiger partial charge in [-0.25, -0.2) is 9.37 Å². The Hall–Kier alpha value is -1.76. The molecule has 0 saturated carbocycles. The minimum atomic E-state index is -0.449. The molecule has 3 rings (SSSR count). The van der Waals surface area contributed by atoms with Crippen LogP contribution in [0.25, 0.3) is 0 Å². The second-order valence-corrected chi connectivity index (χ2v) is 7.20. The summed E-state index contributed by atoms with van der Waals surface area (Å²) in [7, 11) is 3.25. The molecule has 3 amide bonds. The van der Waals surface area contributed by atoms with E-state index in [1.54, 1.807) is 14.1 Å². The molecule has 0 aromatic carbocycles. The third-order valence-corrected chi connectivity index (χ3v) is 5.18. The van der Waals surface area contributed by atoms with Crippen molar-refractivity contribution in [2.45, 2.75) is 39.2 Å². The number of carbonyl (C=O) groups is 2. The van der Waals surface area contributed by atoms with Gasteiger partial charge in [-0.05, 0) is 36.7 Å². The zero-order valence-corrected chi connectivity index (χ0v) is 15.2. The number of amidine groups is 2. The maximum absolute atomic E-state index is 12.7. The van der Waals surface area contributed by atoms with Crippen LogP contribution in [-0.2, 0) is 4.79 Å². The van der Waals surface area contributed by atoms with Crippen molar-refractivity contribution >= 4 is 23.6 Å². The summed E-state index contributed by atoms with van der Waals surface area (Å²) in [6, 6.07) is -0.755. The Morgan fingerprint density at radius 3 is 2.67 bits per heavy atom. The molecule has 2 unspecified atom stereocenters. The molecule has 7 heteroatoms. The second kappa shape index (κ2) is 6.63. The number of rotatable bonds is 4. The molecule has 3 aliphatic heterocycles. The average molecular weight is 334 g/mol. The van der Waals surface area contributed by atoms with Crippen LogP contribution in [0.2, 0.25) is 0 Å². The van der Waals surface area contributed by atoms with Gasteiger partial charge in [0, 0.05) is 20.6 Å². The van der Waals surface area contributed by atoms with E-state index in [1.807, 2.05) is 0 Å². The number of amides is 3. The van der Waals surface area contributed by atoms with Gasteiger partial charge in [-0.1, -0.05) is 13.8 Å². The normalized spacial score (nSPS) is 28.6. The van der Waals surface area contributed by atoms with E-state index in [1.165, 1.54) is 22.6 Å². The molecule has 0 bridgehead atoms. The number of nitrogens with zero attached hydrogens (tertiary/aromatic N) is 5. The van der Waals surface area contributed by atoms with E-state index in [4.69, 9.17) is 4.99 Å². The number of imide groups is 1. The van der Waals surface area contributed by atoms with Gasteiger partial charge >= 0.3 is 11.9 Å². The first-order chi connectivity index (χ1) is 11.4. The molecule has 0 aromatic rings. The highest BCUT2D eigenvalue weighted by atomic mass is 16.2. The summed E-state index contributed by atoms with van der Waals surface area (Å²) in [5.74, 6) is 2.03. The topological polar surface area (TPSA) is 59.2 Å². The van der Waals surface area contributed by atoms with E-state index in [2.05, 4.69) is 23.3 Å². The Labute approximate surface area is 143 Å². The van der Waals surface area contributed by atoms with Gasteiger partial charge < -0.3 is 0 Å². The molecule has 0 spiro atoms. The second-order valence-electron chi connectivity index (χ2n) is 7.20. The number of aliphatic imine (C=N–C) groups is 1. The molecule has 0 aromatic heterocycles. The van der Waals surface area contributed by atoms with E-state index in [9.17, 15) is 9.59 Å². The van der Waals surface area contributed by atoms with Gasteiger partial charge in [0.05, 0.1) is 6.54 Å². The van der Waals surface area contributed by atoms with Crippen LogP contribution in [0, 0.1) is 5.92 Å². The summed E-state index contributed by atoms with van der Waals surface area (Å²) in [5, 5.41) is 0. The van der Waals surface area contributed by atoms with Crippen molar-refractivity contribution in [1.82, 2.24) is 14.7 Å². The lowest BCUT2D eigenvalue weighted by atomic mass is 10.0. The highest BCUT2D eigenvalue weighted by Gasteiger charge is 2.52.